The van der Waals surface area contributed by atoms with Gasteiger partial charge in [0.05, 0.1) is 18.3 Å². The van der Waals surface area contributed by atoms with Gasteiger partial charge in [-0.2, -0.15) is 10.2 Å². The van der Waals surface area contributed by atoms with Crippen molar-refractivity contribution in [1.82, 2.24) is 19.6 Å². The van der Waals surface area contributed by atoms with Crippen molar-refractivity contribution in [3.63, 3.8) is 0 Å². The fourth-order valence-electron chi connectivity index (χ4n) is 2.34. The summed E-state index contributed by atoms with van der Waals surface area (Å²) in [6, 6.07) is 7.04. The zero-order valence-corrected chi connectivity index (χ0v) is 16.5. The molecular formula is C17H15BrClN5O3. The number of carboxylic acid groups (broad SMARTS) is 1. The van der Waals surface area contributed by atoms with Crippen LogP contribution >= 0.6 is 27.5 Å². The average Bonchev–Trinajstić information content (AvgIpc) is 3.24. The van der Waals surface area contributed by atoms with Gasteiger partial charge in [0.15, 0.2) is 5.82 Å². The van der Waals surface area contributed by atoms with Crippen molar-refractivity contribution in [2.24, 2.45) is 0 Å². The van der Waals surface area contributed by atoms with Crippen LogP contribution in [0.3, 0.4) is 0 Å². The summed E-state index contributed by atoms with van der Waals surface area (Å²) in [4.78, 5) is 23.3. The molecule has 1 atom stereocenters. The van der Waals surface area contributed by atoms with Crippen molar-refractivity contribution in [1.29, 1.82) is 0 Å². The SMILES string of the molecule is CC(C(=O)Nc1nn(Cc2ccc(Br)cc2)cc1Cl)n1cc(C(=O)O)cn1. The molecule has 2 N–H and O–H groups in total. The van der Waals surface area contributed by atoms with Gasteiger partial charge in [-0.25, -0.2) is 4.79 Å². The van der Waals surface area contributed by atoms with E-state index in [-0.39, 0.29) is 11.4 Å². The molecule has 2 heterocycles. The second kappa shape index (κ2) is 7.93. The minimum Gasteiger partial charge on any atom is -0.478 e. The van der Waals surface area contributed by atoms with Crippen molar-refractivity contribution >= 4 is 45.2 Å². The highest BCUT2D eigenvalue weighted by Crippen LogP contribution is 2.22. The number of halogens is 2. The van der Waals surface area contributed by atoms with Crippen LogP contribution < -0.4 is 5.32 Å². The van der Waals surface area contributed by atoms with Gasteiger partial charge >= 0.3 is 5.97 Å². The largest absolute Gasteiger partial charge is 0.478 e. The number of carbonyl (C=O) groups is 2. The lowest BCUT2D eigenvalue weighted by Gasteiger charge is -2.11. The number of aromatic carboxylic acids is 1. The van der Waals surface area contributed by atoms with E-state index in [2.05, 4.69) is 31.4 Å². The molecule has 10 heteroatoms. The number of nitrogens with zero attached hydrogens (tertiary/aromatic N) is 4. The van der Waals surface area contributed by atoms with E-state index in [1.165, 1.54) is 17.1 Å². The summed E-state index contributed by atoms with van der Waals surface area (Å²) in [5.41, 5.74) is 1.04. The van der Waals surface area contributed by atoms with E-state index in [1.54, 1.807) is 17.8 Å². The molecule has 0 spiro atoms. The Hall–Kier alpha value is -2.65. The second-order valence-electron chi connectivity index (χ2n) is 5.83. The summed E-state index contributed by atoms with van der Waals surface area (Å²) in [5.74, 6) is -1.29. The van der Waals surface area contributed by atoms with Crippen molar-refractivity contribution in [3.05, 3.63) is 63.5 Å². The van der Waals surface area contributed by atoms with Crippen LogP contribution in [0.2, 0.25) is 5.02 Å². The highest BCUT2D eigenvalue weighted by Gasteiger charge is 2.20. The average molecular weight is 453 g/mol. The Bertz CT molecular complexity index is 983. The van der Waals surface area contributed by atoms with Gasteiger partial charge < -0.3 is 10.4 Å². The molecule has 0 saturated heterocycles. The molecule has 3 aromatic rings. The topological polar surface area (TPSA) is 102 Å². The van der Waals surface area contributed by atoms with Crippen molar-refractivity contribution in [2.75, 3.05) is 5.32 Å². The molecule has 140 valence electrons. The van der Waals surface area contributed by atoms with Gasteiger partial charge in [-0.05, 0) is 24.6 Å². The van der Waals surface area contributed by atoms with Gasteiger partial charge in [0.2, 0.25) is 5.91 Å². The molecule has 3 rings (SSSR count). The molecule has 1 unspecified atom stereocenters. The minimum absolute atomic E-state index is 0.00598. The Kier molecular flexibility index (Phi) is 5.62. The van der Waals surface area contributed by atoms with Crippen LogP contribution in [0.1, 0.15) is 28.9 Å². The maximum absolute atomic E-state index is 12.4. The number of carboxylic acids is 1. The fraction of sp³-hybridized carbons (Fsp3) is 0.176. The summed E-state index contributed by atoms with van der Waals surface area (Å²) in [6.07, 6.45) is 4.10. The lowest BCUT2D eigenvalue weighted by Crippen LogP contribution is -2.24. The van der Waals surface area contributed by atoms with Crippen molar-refractivity contribution < 1.29 is 14.7 Å². The van der Waals surface area contributed by atoms with Gasteiger partial charge in [0, 0.05) is 16.9 Å². The number of amides is 1. The smallest absolute Gasteiger partial charge is 0.338 e. The number of nitrogens with one attached hydrogen (secondary N) is 1. The number of hydrogen-bond acceptors (Lipinski definition) is 4. The first-order chi connectivity index (χ1) is 12.8. The molecule has 0 fully saturated rings. The third-order valence-electron chi connectivity index (χ3n) is 3.84. The molecule has 0 saturated carbocycles. The fourth-order valence-corrected chi connectivity index (χ4v) is 2.80. The Morgan fingerprint density at radius 3 is 2.63 bits per heavy atom. The summed E-state index contributed by atoms with van der Waals surface area (Å²) >= 11 is 9.56. The van der Waals surface area contributed by atoms with Gasteiger partial charge in [0.1, 0.15) is 11.1 Å². The van der Waals surface area contributed by atoms with Gasteiger partial charge in [-0.1, -0.05) is 39.7 Å². The van der Waals surface area contributed by atoms with E-state index in [4.69, 9.17) is 16.7 Å². The summed E-state index contributed by atoms with van der Waals surface area (Å²) < 4.78 is 3.88. The van der Waals surface area contributed by atoms with E-state index in [9.17, 15) is 9.59 Å². The van der Waals surface area contributed by atoms with Gasteiger partial charge in [0.25, 0.3) is 0 Å². The Morgan fingerprint density at radius 2 is 2.00 bits per heavy atom. The van der Waals surface area contributed by atoms with Crippen LogP contribution in [0.4, 0.5) is 5.82 Å². The Balaban J connectivity index is 1.69. The molecule has 0 aliphatic heterocycles. The van der Waals surface area contributed by atoms with Gasteiger partial charge in [-0.3, -0.25) is 14.2 Å². The highest BCUT2D eigenvalue weighted by molar-refractivity contribution is 9.10. The van der Waals surface area contributed by atoms with E-state index >= 15 is 0 Å². The molecule has 1 aromatic carbocycles. The van der Waals surface area contributed by atoms with Crippen LogP contribution in [0.25, 0.3) is 0 Å². The van der Waals surface area contributed by atoms with Gasteiger partial charge in [-0.15, -0.1) is 0 Å². The normalized spacial score (nSPS) is 12.0. The van der Waals surface area contributed by atoms with Crippen molar-refractivity contribution in [3.8, 4) is 0 Å². The highest BCUT2D eigenvalue weighted by atomic mass is 79.9. The molecule has 1 amide bonds. The third-order valence-corrected chi connectivity index (χ3v) is 4.65. The number of rotatable bonds is 6. The number of aromatic nitrogens is 4. The lowest BCUT2D eigenvalue weighted by atomic mass is 10.2. The Labute approximate surface area is 167 Å². The predicted octanol–water partition coefficient (Wildman–Crippen LogP) is 3.44. The van der Waals surface area contributed by atoms with Crippen LogP contribution in [0.15, 0.2) is 47.3 Å². The zero-order valence-electron chi connectivity index (χ0n) is 14.1. The second-order valence-corrected chi connectivity index (χ2v) is 7.15. The molecule has 0 aliphatic rings. The van der Waals surface area contributed by atoms with E-state index in [0.29, 0.717) is 11.6 Å². The van der Waals surface area contributed by atoms with E-state index in [0.717, 1.165) is 10.0 Å². The van der Waals surface area contributed by atoms with Crippen LogP contribution in [0, 0.1) is 0 Å². The van der Waals surface area contributed by atoms with Crippen LogP contribution in [-0.2, 0) is 11.3 Å². The zero-order chi connectivity index (χ0) is 19.6. The lowest BCUT2D eigenvalue weighted by molar-refractivity contribution is -0.119. The summed E-state index contributed by atoms with van der Waals surface area (Å²) in [5, 5.41) is 20.1. The standard InChI is InChI=1S/C17H15BrClN5O3/c1-10(24-8-12(6-20-24)17(26)27)16(25)21-15-14(19)9-23(22-15)7-11-2-4-13(18)5-3-11/h2-6,8-10H,7H2,1H3,(H,26,27)(H,21,22,25). The molecule has 0 aliphatic carbocycles. The Morgan fingerprint density at radius 1 is 1.30 bits per heavy atom. The number of hydrogen-bond donors (Lipinski definition) is 2. The first-order valence-corrected chi connectivity index (χ1v) is 9.06. The summed E-state index contributed by atoms with van der Waals surface area (Å²) in [6.45, 7) is 2.10. The first kappa shape index (κ1) is 19.1. The number of anilines is 1. The quantitative estimate of drug-likeness (QED) is 0.596. The third kappa shape index (κ3) is 4.55. The van der Waals surface area contributed by atoms with Crippen molar-refractivity contribution in [2.45, 2.75) is 19.5 Å². The minimum atomic E-state index is -1.11. The molecule has 0 radical (unpaired) electrons. The van der Waals surface area contributed by atoms with E-state index in [1.807, 2.05) is 24.3 Å². The predicted molar refractivity (Wildman–Crippen MR) is 103 cm³/mol. The molecule has 2 aromatic heterocycles. The molecular weight excluding hydrogens is 438 g/mol. The molecule has 27 heavy (non-hydrogen) atoms. The van der Waals surface area contributed by atoms with Crippen LogP contribution in [0.5, 0.6) is 0 Å². The maximum atomic E-state index is 12.4. The van der Waals surface area contributed by atoms with Crippen LogP contribution in [-0.4, -0.2) is 36.5 Å². The monoisotopic (exact) mass is 451 g/mol. The maximum Gasteiger partial charge on any atom is 0.338 e. The van der Waals surface area contributed by atoms with E-state index < -0.39 is 17.9 Å². The number of benzene rings is 1. The number of carbonyl (C=O) groups excluding carboxylic acids is 1. The summed E-state index contributed by atoms with van der Waals surface area (Å²) in [7, 11) is 0. The first-order valence-electron chi connectivity index (χ1n) is 7.89. The molecule has 0 bridgehead atoms. The molecule has 8 nitrogen and oxygen atoms in total.